The first kappa shape index (κ1) is 16.6. The number of rotatable bonds is 6. The molecule has 6 nitrogen and oxygen atoms in total. The van der Waals surface area contributed by atoms with Gasteiger partial charge in [0.25, 0.3) is 0 Å². The van der Waals surface area contributed by atoms with E-state index in [1.807, 2.05) is 61.7 Å². The van der Waals surface area contributed by atoms with E-state index in [-0.39, 0.29) is 12.5 Å². The molecular weight excluding hydrogens is 316 g/mol. The van der Waals surface area contributed by atoms with Gasteiger partial charge in [0.1, 0.15) is 5.75 Å². The van der Waals surface area contributed by atoms with Crippen LogP contribution in [0.2, 0.25) is 0 Å². The first-order valence-corrected chi connectivity index (χ1v) is 7.95. The summed E-state index contributed by atoms with van der Waals surface area (Å²) >= 11 is 0. The van der Waals surface area contributed by atoms with Gasteiger partial charge in [0.15, 0.2) is 0 Å². The van der Waals surface area contributed by atoms with Crippen LogP contribution in [0.25, 0.3) is 5.69 Å². The van der Waals surface area contributed by atoms with Gasteiger partial charge in [-0.05, 0) is 42.8 Å². The number of para-hydroxylation sites is 2. The van der Waals surface area contributed by atoms with E-state index in [0.29, 0.717) is 11.4 Å². The molecule has 0 unspecified atom stereocenters. The highest BCUT2D eigenvalue weighted by Crippen LogP contribution is 2.25. The van der Waals surface area contributed by atoms with Crippen molar-refractivity contribution in [2.75, 3.05) is 24.3 Å². The molecule has 0 fully saturated rings. The number of nitrogens with zero attached hydrogens (tertiary/aromatic N) is 2. The number of aromatic nitrogens is 2. The topological polar surface area (TPSA) is 68.2 Å². The second kappa shape index (κ2) is 7.53. The molecule has 1 heterocycles. The Morgan fingerprint density at radius 1 is 1.16 bits per heavy atom. The van der Waals surface area contributed by atoms with Crippen LogP contribution in [-0.4, -0.2) is 29.3 Å². The average molecular weight is 336 g/mol. The van der Waals surface area contributed by atoms with Crippen LogP contribution in [0.4, 0.5) is 11.4 Å². The van der Waals surface area contributed by atoms with Gasteiger partial charge < -0.3 is 15.4 Å². The van der Waals surface area contributed by atoms with Crippen LogP contribution < -0.4 is 15.4 Å². The van der Waals surface area contributed by atoms with Gasteiger partial charge in [-0.2, -0.15) is 5.10 Å². The summed E-state index contributed by atoms with van der Waals surface area (Å²) in [5, 5.41) is 10.3. The third kappa shape index (κ3) is 3.98. The zero-order valence-electron chi connectivity index (χ0n) is 14.2. The third-order valence-electron chi connectivity index (χ3n) is 3.72. The van der Waals surface area contributed by atoms with E-state index < -0.39 is 0 Å². The molecule has 0 spiro atoms. The lowest BCUT2D eigenvalue weighted by molar-refractivity contribution is -0.114. The van der Waals surface area contributed by atoms with E-state index in [2.05, 4.69) is 15.7 Å². The van der Waals surface area contributed by atoms with Gasteiger partial charge in [-0.1, -0.05) is 18.2 Å². The Balaban J connectivity index is 1.69. The zero-order chi connectivity index (χ0) is 17.6. The molecule has 0 aliphatic rings. The molecule has 3 aromatic rings. The fraction of sp³-hybridized carbons (Fsp3) is 0.158. The van der Waals surface area contributed by atoms with Crippen LogP contribution in [0.1, 0.15) is 5.56 Å². The predicted molar refractivity (Wildman–Crippen MR) is 98.4 cm³/mol. The van der Waals surface area contributed by atoms with E-state index in [1.165, 1.54) is 0 Å². The number of carbonyl (C=O) groups excluding carboxylic acids is 1. The fourth-order valence-corrected chi connectivity index (χ4v) is 2.52. The van der Waals surface area contributed by atoms with Crippen molar-refractivity contribution < 1.29 is 9.53 Å². The van der Waals surface area contributed by atoms with Gasteiger partial charge in [-0.15, -0.1) is 0 Å². The van der Waals surface area contributed by atoms with Crippen molar-refractivity contribution in [2.45, 2.75) is 6.92 Å². The normalized spacial score (nSPS) is 10.3. The number of hydrogen-bond donors (Lipinski definition) is 2. The number of nitrogens with one attached hydrogen (secondary N) is 2. The monoisotopic (exact) mass is 336 g/mol. The summed E-state index contributed by atoms with van der Waals surface area (Å²) in [6.07, 6.45) is 3.58. The maximum Gasteiger partial charge on any atom is 0.243 e. The van der Waals surface area contributed by atoms with Gasteiger partial charge in [0.05, 0.1) is 30.7 Å². The van der Waals surface area contributed by atoms with Crippen molar-refractivity contribution in [1.82, 2.24) is 9.78 Å². The molecule has 2 aromatic carbocycles. The molecule has 0 aliphatic heterocycles. The number of aryl methyl sites for hydroxylation is 1. The summed E-state index contributed by atoms with van der Waals surface area (Å²) in [6.45, 7) is 2.10. The highest BCUT2D eigenvalue weighted by atomic mass is 16.5. The zero-order valence-corrected chi connectivity index (χ0v) is 14.2. The first-order chi connectivity index (χ1) is 12.2. The Hall–Kier alpha value is -3.28. The van der Waals surface area contributed by atoms with Gasteiger partial charge >= 0.3 is 0 Å². The van der Waals surface area contributed by atoms with Crippen molar-refractivity contribution in [1.29, 1.82) is 0 Å². The Kier molecular flexibility index (Phi) is 4.99. The van der Waals surface area contributed by atoms with Crippen molar-refractivity contribution in [2.24, 2.45) is 0 Å². The van der Waals surface area contributed by atoms with E-state index in [0.717, 1.165) is 16.9 Å². The summed E-state index contributed by atoms with van der Waals surface area (Å²) in [5.74, 6) is 0.482. The summed E-state index contributed by atoms with van der Waals surface area (Å²) in [6, 6.07) is 15.2. The van der Waals surface area contributed by atoms with E-state index >= 15 is 0 Å². The Bertz CT molecular complexity index is 860. The predicted octanol–water partition coefficient (Wildman–Crippen LogP) is 3.24. The third-order valence-corrected chi connectivity index (χ3v) is 3.72. The van der Waals surface area contributed by atoms with Crippen molar-refractivity contribution >= 4 is 17.3 Å². The molecule has 0 aliphatic carbocycles. The standard InChI is InChI=1S/C19H20N4O2/c1-14-8-9-18(25-2)16(12-14)22-19(24)13-20-15-6-3-4-7-17(15)23-11-5-10-21-23/h3-12,20H,13H2,1-2H3,(H,22,24). The molecule has 128 valence electrons. The first-order valence-electron chi connectivity index (χ1n) is 7.95. The molecule has 0 saturated heterocycles. The summed E-state index contributed by atoms with van der Waals surface area (Å²) < 4.78 is 7.04. The molecule has 1 aromatic heterocycles. The quantitative estimate of drug-likeness (QED) is 0.725. The number of hydrogen-bond acceptors (Lipinski definition) is 4. The second-order valence-electron chi connectivity index (χ2n) is 5.57. The molecule has 0 radical (unpaired) electrons. The van der Waals surface area contributed by atoms with Crippen molar-refractivity contribution in [3.63, 3.8) is 0 Å². The van der Waals surface area contributed by atoms with Gasteiger partial charge in [-0.3, -0.25) is 4.79 Å². The Labute approximate surface area is 146 Å². The molecule has 1 amide bonds. The lowest BCUT2D eigenvalue weighted by Gasteiger charge is -2.14. The molecule has 25 heavy (non-hydrogen) atoms. The minimum absolute atomic E-state index is 0.134. The Morgan fingerprint density at radius 3 is 2.76 bits per heavy atom. The molecule has 3 rings (SSSR count). The van der Waals surface area contributed by atoms with Gasteiger partial charge in [0.2, 0.25) is 5.91 Å². The van der Waals surface area contributed by atoms with E-state index in [1.54, 1.807) is 18.0 Å². The smallest absolute Gasteiger partial charge is 0.243 e. The number of anilines is 2. The molecule has 0 saturated carbocycles. The largest absolute Gasteiger partial charge is 0.495 e. The number of methoxy groups -OCH3 is 1. The maximum atomic E-state index is 12.3. The summed E-state index contributed by atoms with van der Waals surface area (Å²) in [7, 11) is 1.58. The second-order valence-corrected chi connectivity index (χ2v) is 5.57. The molecule has 6 heteroatoms. The summed E-state index contributed by atoms with van der Waals surface area (Å²) in [4.78, 5) is 12.3. The van der Waals surface area contributed by atoms with Crippen LogP contribution in [0.15, 0.2) is 60.9 Å². The van der Waals surface area contributed by atoms with Crippen LogP contribution >= 0.6 is 0 Å². The van der Waals surface area contributed by atoms with Gasteiger partial charge in [-0.25, -0.2) is 4.68 Å². The highest BCUT2D eigenvalue weighted by Gasteiger charge is 2.09. The number of benzene rings is 2. The Morgan fingerprint density at radius 2 is 2.00 bits per heavy atom. The number of carbonyl (C=O) groups is 1. The lowest BCUT2D eigenvalue weighted by Crippen LogP contribution is -2.22. The molecular formula is C19H20N4O2. The van der Waals surface area contributed by atoms with Crippen molar-refractivity contribution in [3.8, 4) is 11.4 Å². The summed E-state index contributed by atoms with van der Waals surface area (Å²) in [5.41, 5.74) is 3.42. The minimum Gasteiger partial charge on any atom is -0.495 e. The molecule has 0 bridgehead atoms. The number of ether oxygens (including phenoxy) is 1. The number of amides is 1. The van der Waals surface area contributed by atoms with Crippen LogP contribution in [0.3, 0.4) is 0 Å². The average Bonchev–Trinajstić information content (AvgIpc) is 3.15. The molecule has 0 atom stereocenters. The SMILES string of the molecule is COc1ccc(C)cc1NC(=O)CNc1ccccc1-n1cccn1. The van der Waals surface area contributed by atoms with Crippen LogP contribution in [0, 0.1) is 6.92 Å². The van der Waals surface area contributed by atoms with E-state index in [4.69, 9.17) is 4.74 Å². The van der Waals surface area contributed by atoms with Crippen LogP contribution in [-0.2, 0) is 4.79 Å². The lowest BCUT2D eigenvalue weighted by atomic mass is 10.2. The minimum atomic E-state index is -0.154. The van der Waals surface area contributed by atoms with Gasteiger partial charge in [0, 0.05) is 12.4 Å². The molecule has 2 N–H and O–H groups in total. The highest BCUT2D eigenvalue weighted by molar-refractivity contribution is 5.95. The maximum absolute atomic E-state index is 12.3. The van der Waals surface area contributed by atoms with Crippen LogP contribution in [0.5, 0.6) is 5.75 Å². The van der Waals surface area contributed by atoms with Crippen molar-refractivity contribution in [3.05, 3.63) is 66.5 Å². The fourth-order valence-electron chi connectivity index (χ4n) is 2.52. The van der Waals surface area contributed by atoms with E-state index in [9.17, 15) is 4.79 Å².